The number of nitrogens with one attached hydrogen (secondary N) is 1. The van der Waals surface area contributed by atoms with E-state index in [4.69, 9.17) is 4.74 Å². The third-order valence-corrected chi connectivity index (χ3v) is 6.82. The van der Waals surface area contributed by atoms with Gasteiger partial charge in [-0.15, -0.1) is 21.5 Å². The summed E-state index contributed by atoms with van der Waals surface area (Å²) in [6.07, 6.45) is 2.30. The molecule has 1 aromatic carbocycles. The summed E-state index contributed by atoms with van der Waals surface area (Å²) >= 11 is 3.05. The molecular formula is C21H24N4O2S2. The third-order valence-electron chi connectivity index (χ3n) is 4.99. The highest BCUT2D eigenvalue weighted by Gasteiger charge is 2.22. The fourth-order valence-corrected chi connectivity index (χ4v) is 4.75. The fourth-order valence-electron chi connectivity index (χ4n) is 3.29. The minimum Gasteiger partial charge on any atom is -0.376 e. The standard InChI is InChI=1S/C21H24N4O2S2/c1-14-7-8-16(11-15(14)2)22-19(26)13-29-21-24-23-20(18-6-4-10-28-18)25(21)12-17-5-3-9-27-17/h4,6-8,10-11,17H,3,5,9,12-13H2,1-2H3,(H,22,26)/t17-/m0/s1. The Morgan fingerprint density at radius 2 is 2.21 bits per heavy atom. The van der Waals surface area contributed by atoms with Gasteiger partial charge >= 0.3 is 0 Å². The molecule has 3 heterocycles. The number of carbonyl (C=O) groups is 1. The number of hydrogen-bond acceptors (Lipinski definition) is 6. The van der Waals surface area contributed by atoms with Gasteiger partial charge in [0.05, 0.1) is 23.3 Å². The van der Waals surface area contributed by atoms with Gasteiger partial charge in [-0.3, -0.25) is 9.36 Å². The van der Waals surface area contributed by atoms with Gasteiger partial charge in [0.25, 0.3) is 0 Å². The van der Waals surface area contributed by atoms with Crippen LogP contribution in [0.5, 0.6) is 0 Å². The van der Waals surface area contributed by atoms with Crippen LogP contribution in [0, 0.1) is 13.8 Å². The predicted octanol–water partition coefficient (Wildman–Crippen LogP) is 4.53. The van der Waals surface area contributed by atoms with E-state index in [-0.39, 0.29) is 17.8 Å². The van der Waals surface area contributed by atoms with Crippen LogP contribution in [0.1, 0.15) is 24.0 Å². The second-order valence-electron chi connectivity index (χ2n) is 7.17. The number of benzene rings is 1. The van der Waals surface area contributed by atoms with Gasteiger partial charge in [0.15, 0.2) is 11.0 Å². The van der Waals surface area contributed by atoms with Crippen LogP contribution in [0.15, 0.2) is 40.9 Å². The summed E-state index contributed by atoms with van der Waals surface area (Å²) in [7, 11) is 0. The Hall–Kier alpha value is -2.16. The van der Waals surface area contributed by atoms with Crippen molar-refractivity contribution in [1.82, 2.24) is 14.8 Å². The van der Waals surface area contributed by atoms with Crippen LogP contribution in [0.2, 0.25) is 0 Å². The Balaban J connectivity index is 1.46. The first kappa shape index (κ1) is 20.1. The van der Waals surface area contributed by atoms with Crippen LogP contribution >= 0.6 is 23.1 Å². The van der Waals surface area contributed by atoms with Gasteiger partial charge in [-0.25, -0.2) is 0 Å². The van der Waals surface area contributed by atoms with E-state index in [9.17, 15) is 4.79 Å². The van der Waals surface area contributed by atoms with Gasteiger partial charge < -0.3 is 10.1 Å². The average Bonchev–Trinajstić information content (AvgIpc) is 3.45. The molecular weight excluding hydrogens is 404 g/mol. The number of aryl methyl sites for hydroxylation is 2. The first-order valence-electron chi connectivity index (χ1n) is 9.69. The number of aromatic nitrogens is 3. The molecule has 1 N–H and O–H groups in total. The van der Waals surface area contributed by atoms with Crippen LogP contribution in [0.25, 0.3) is 10.7 Å². The molecule has 1 aliphatic rings. The van der Waals surface area contributed by atoms with Crippen LogP contribution in [-0.4, -0.2) is 39.1 Å². The van der Waals surface area contributed by atoms with Crippen molar-refractivity contribution < 1.29 is 9.53 Å². The summed E-state index contributed by atoms with van der Waals surface area (Å²) in [6, 6.07) is 9.99. The number of rotatable bonds is 7. The Kier molecular flexibility index (Phi) is 6.32. The van der Waals surface area contributed by atoms with E-state index in [1.54, 1.807) is 11.3 Å². The van der Waals surface area contributed by atoms with E-state index in [2.05, 4.69) is 27.0 Å². The van der Waals surface area contributed by atoms with Gasteiger partial charge in [0.2, 0.25) is 5.91 Å². The molecule has 0 aliphatic carbocycles. The summed E-state index contributed by atoms with van der Waals surface area (Å²) < 4.78 is 7.91. The van der Waals surface area contributed by atoms with E-state index >= 15 is 0 Å². The normalized spacial score (nSPS) is 16.3. The zero-order chi connectivity index (χ0) is 20.2. The molecule has 8 heteroatoms. The van der Waals surface area contributed by atoms with E-state index in [1.165, 1.54) is 17.3 Å². The molecule has 0 spiro atoms. The Bertz CT molecular complexity index is 979. The number of hydrogen-bond donors (Lipinski definition) is 1. The molecule has 0 radical (unpaired) electrons. The minimum atomic E-state index is -0.0532. The van der Waals surface area contributed by atoms with Crippen molar-refractivity contribution in [2.75, 3.05) is 17.7 Å². The van der Waals surface area contributed by atoms with Crippen molar-refractivity contribution in [3.63, 3.8) is 0 Å². The lowest BCUT2D eigenvalue weighted by Crippen LogP contribution is -2.18. The van der Waals surface area contributed by atoms with Crippen molar-refractivity contribution >= 4 is 34.7 Å². The second kappa shape index (κ2) is 9.11. The zero-order valence-electron chi connectivity index (χ0n) is 16.6. The largest absolute Gasteiger partial charge is 0.376 e. The average molecular weight is 429 g/mol. The van der Waals surface area contributed by atoms with Gasteiger partial charge in [-0.2, -0.15) is 0 Å². The predicted molar refractivity (Wildman–Crippen MR) is 118 cm³/mol. The number of ether oxygens (including phenoxy) is 1. The van der Waals surface area contributed by atoms with Crippen molar-refractivity contribution in [3.05, 3.63) is 46.8 Å². The van der Waals surface area contributed by atoms with E-state index < -0.39 is 0 Å². The lowest BCUT2D eigenvalue weighted by atomic mass is 10.1. The summed E-state index contributed by atoms with van der Waals surface area (Å²) in [5, 5.41) is 14.5. The molecule has 1 saturated heterocycles. The molecule has 0 unspecified atom stereocenters. The molecule has 1 fully saturated rings. The van der Waals surface area contributed by atoms with Crippen LogP contribution in [0.4, 0.5) is 5.69 Å². The molecule has 6 nitrogen and oxygen atoms in total. The third kappa shape index (κ3) is 4.88. The highest BCUT2D eigenvalue weighted by atomic mass is 32.2. The molecule has 1 aliphatic heterocycles. The quantitative estimate of drug-likeness (QED) is 0.560. The molecule has 1 amide bonds. The first-order chi connectivity index (χ1) is 14.1. The van der Waals surface area contributed by atoms with Gasteiger partial charge in [-0.05, 0) is 61.4 Å². The minimum absolute atomic E-state index is 0.0532. The zero-order valence-corrected chi connectivity index (χ0v) is 18.2. The maximum atomic E-state index is 12.5. The van der Waals surface area contributed by atoms with Gasteiger partial charge in [0, 0.05) is 12.3 Å². The van der Waals surface area contributed by atoms with Crippen molar-refractivity contribution in [1.29, 1.82) is 0 Å². The molecule has 3 aromatic rings. The molecule has 152 valence electrons. The van der Waals surface area contributed by atoms with Crippen LogP contribution in [0.3, 0.4) is 0 Å². The molecule has 0 saturated carbocycles. The molecule has 2 aromatic heterocycles. The lowest BCUT2D eigenvalue weighted by molar-refractivity contribution is -0.113. The highest BCUT2D eigenvalue weighted by molar-refractivity contribution is 7.99. The summed E-state index contributed by atoms with van der Waals surface area (Å²) in [5.74, 6) is 1.07. The van der Waals surface area contributed by atoms with Crippen LogP contribution in [-0.2, 0) is 16.1 Å². The van der Waals surface area contributed by atoms with Gasteiger partial charge in [-0.1, -0.05) is 23.9 Å². The van der Waals surface area contributed by atoms with Gasteiger partial charge in [0.1, 0.15) is 0 Å². The SMILES string of the molecule is Cc1ccc(NC(=O)CSc2nnc(-c3cccs3)n2C[C@@H]2CCCO2)cc1C. The molecule has 4 rings (SSSR count). The Labute approximate surface area is 178 Å². The summed E-state index contributed by atoms with van der Waals surface area (Å²) in [4.78, 5) is 13.5. The molecule has 1 atom stereocenters. The van der Waals surface area contributed by atoms with Crippen molar-refractivity contribution in [2.45, 2.75) is 44.5 Å². The monoisotopic (exact) mass is 428 g/mol. The Morgan fingerprint density at radius 3 is 2.93 bits per heavy atom. The maximum absolute atomic E-state index is 12.5. The van der Waals surface area contributed by atoms with Crippen molar-refractivity contribution in [2.24, 2.45) is 0 Å². The van der Waals surface area contributed by atoms with E-state index in [1.807, 2.05) is 42.6 Å². The number of anilines is 1. The molecule has 29 heavy (non-hydrogen) atoms. The first-order valence-corrected chi connectivity index (χ1v) is 11.6. The Morgan fingerprint density at radius 1 is 1.31 bits per heavy atom. The van der Waals surface area contributed by atoms with Crippen molar-refractivity contribution in [3.8, 4) is 10.7 Å². The lowest BCUT2D eigenvalue weighted by Gasteiger charge is -2.14. The summed E-state index contributed by atoms with van der Waals surface area (Å²) in [6.45, 7) is 5.62. The number of thiophene rings is 1. The topological polar surface area (TPSA) is 69.0 Å². The smallest absolute Gasteiger partial charge is 0.234 e. The number of amides is 1. The summed E-state index contributed by atoms with van der Waals surface area (Å²) in [5.41, 5.74) is 3.19. The number of thioether (sulfide) groups is 1. The number of carbonyl (C=O) groups excluding carboxylic acids is 1. The fraction of sp³-hybridized carbons (Fsp3) is 0.381. The maximum Gasteiger partial charge on any atom is 0.234 e. The second-order valence-corrected chi connectivity index (χ2v) is 9.06. The highest BCUT2D eigenvalue weighted by Crippen LogP contribution is 2.29. The van der Waals surface area contributed by atoms with Crippen LogP contribution < -0.4 is 5.32 Å². The van der Waals surface area contributed by atoms with E-state index in [0.29, 0.717) is 6.54 Å². The molecule has 0 bridgehead atoms. The van der Waals surface area contributed by atoms with E-state index in [0.717, 1.165) is 46.6 Å². The number of nitrogens with zero attached hydrogens (tertiary/aromatic N) is 3.